The number of aromatic amines is 1. The third-order valence-corrected chi connectivity index (χ3v) is 3.03. The maximum Gasteiger partial charge on any atom is 0.417 e. The molecule has 1 aromatic carbocycles. The first-order valence-corrected chi connectivity index (χ1v) is 5.48. The van der Waals surface area contributed by atoms with E-state index in [-0.39, 0.29) is 0 Å². The highest BCUT2D eigenvalue weighted by Gasteiger charge is 2.12. The molecule has 0 aliphatic rings. The number of anilines is 1. The molecule has 0 amide bonds. The van der Waals surface area contributed by atoms with Crippen LogP contribution in [0.15, 0.2) is 27.4 Å². The van der Waals surface area contributed by atoms with Crippen LogP contribution in [0.4, 0.5) is 5.82 Å². The van der Waals surface area contributed by atoms with Crippen LogP contribution in [-0.4, -0.2) is 14.8 Å². The third kappa shape index (κ3) is 1.42. The SMILES string of the molecule is Cc1c(-c2ccc3oc(=O)[nH]c3c2)nn(C)c1N. The van der Waals surface area contributed by atoms with Crippen LogP contribution >= 0.6 is 0 Å². The molecule has 0 saturated heterocycles. The Bertz CT molecular complexity index is 794. The molecule has 92 valence electrons. The minimum Gasteiger partial charge on any atom is -0.408 e. The zero-order valence-electron chi connectivity index (χ0n) is 10.0. The molecule has 18 heavy (non-hydrogen) atoms. The zero-order valence-corrected chi connectivity index (χ0v) is 10.0. The van der Waals surface area contributed by atoms with Crippen molar-refractivity contribution in [3.8, 4) is 11.3 Å². The number of nitrogens with two attached hydrogens (primary N) is 1. The van der Waals surface area contributed by atoms with Crippen molar-refractivity contribution in [1.82, 2.24) is 14.8 Å². The van der Waals surface area contributed by atoms with Gasteiger partial charge in [-0.3, -0.25) is 9.67 Å². The molecule has 0 saturated carbocycles. The number of aromatic nitrogens is 3. The standard InChI is InChI=1S/C12H12N4O2/c1-6-10(15-16(2)11(6)13)7-3-4-9-8(5-7)14-12(17)18-9/h3-5H,13H2,1-2H3,(H,14,17). The number of hydrogen-bond acceptors (Lipinski definition) is 4. The van der Waals surface area contributed by atoms with Crippen molar-refractivity contribution in [3.05, 3.63) is 34.3 Å². The molecule has 0 spiro atoms. The lowest BCUT2D eigenvalue weighted by Gasteiger charge is -1.98. The van der Waals surface area contributed by atoms with Crippen LogP contribution in [0.3, 0.4) is 0 Å². The second-order valence-corrected chi connectivity index (χ2v) is 4.21. The fourth-order valence-corrected chi connectivity index (χ4v) is 2.02. The molecular weight excluding hydrogens is 232 g/mol. The summed E-state index contributed by atoms with van der Waals surface area (Å²) in [5, 5.41) is 4.36. The highest BCUT2D eigenvalue weighted by atomic mass is 16.4. The van der Waals surface area contributed by atoms with Gasteiger partial charge in [-0.25, -0.2) is 4.79 Å². The number of oxazole rings is 1. The van der Waals surface area contributed by atoms with E-state index in [9.17, 15) is 4.79 Å². The summed E-state index contributed by atoms with van der Waals surface area (Å²) in [7, 11) is 1.80. The number of nitrogens with one attached hydrogen (secondary N) is 1. The van der Waals surface area contributed by atoms with E-state index in [2.05, 4.69) is 10.1 Å². The Kier molecular flexibility index (Phi) is 2.07. The van der Waals surface area contributed by atoms with Crippen LogP contribution in [-0.2, 0) is 7.05 Å². The number of H-pyrrole nitrogens is 1. The summed E-state index contributed by atoms with van der Waals surface area (Å²) >= 11 is 0. The van der Waals surface area contributed by atoms with Crippen LogP contribution < -0.4 is 11.5 Å². The van der Waals surface area contributed by atoms with Gasteiger partial charge in [0.25, 0.3) is 0 Å². The Morgan fingerprint density at radius 3 is 2.89 bits per heavy atom. The van der Waals surface area contributed by atoms with Crippen molar-refractivity contribution < 1.29 is 4.42 Å². The summed E-state index contributed by atoms with van der Waals surface area (Å²) in [6, 6.07) is 5.43. The Balaban J connectivity index is 2.24. The third-order valence-electron chi connectivity index (χ3n) is 3.03. The summed E-state index contributed by atoms with van der Waals surface area (Å²) in [5.74, 6) is 0.171. The molecule has 0 aliphatic heterocycles. The summed E-state index contributed by atoms with van der Waals surface area (Å²) in [6.45, 7) is 1.92. The van der Waals surface area contributed by atoms with Gasteiger partial charge in [0.1, 0.15) is 5.82 Å². The van der Waals surface area contributed by atoms with E-state index in [0.29, 0.717) is 16.9 Å². The summed E-state index contributed by atoms with van der Waals surface area (Å²) in [6.07, 6.45) is 0. The number of rotatable bonds is 1. The fourth-order valence-electron chi connectivity index (χ4n) is 2.02. The van der Waals surface area contributed by atoms with E-state index >= 15 is 0 Å². The summed E-state index contributed by atoms with van der Waals surface area (Å²) in [4.78, 5) is 13.7. The van der Waals surface area contributed by atoms with Crippen molar-refractivity contribution in [2.24, 2.45) is 7.05 Å². The molecule has 3 aromatic rings. The average Bonchev–Trinajstić information content (AvgIpc) is 2.82. The predicted octanol–water partition coefficient (Wildman–Crippen LogP) is 1.41. The van der Waals surface area contributed by atoms with Crippen molar-refractivity contribution in [3.63, 3.8) is 0 Å². The van der Waals surface area contributed by atoms with Crippen molar-refractivity contribution in [2.45, 2.75) is 6.92 Å². The van der Waals surface area contributed by atoms with Crippen molar-refractivity contribution in [1.29, 1.82) is 0 Å². The topological polar surface area (TPSA) is 89.8 Å². The molecule has 6 nitrogen and oxygen atoms in total. The van der Waals surface area contributed by atoms with Crippen LogP contribution in [0.2, 0.25) is 0 Å². The molecule has 0 unspecified atom stereocenters. The average molecular weight is 244 g/mol. The first-order chi connectivity index (χ1) is 8.56. The Morgan fingerprint density at radius 1 is 1.44 bits per heavy atom. The molecule has 2 aromatic heterocycles. The number of benzene rings is 1. The molecule has 0 bridgehead atoms. The van der Waals surface area contributed by atoms with Crippen LogP contribution in [0, 0.1) is 6.92 Å². The molecule has 3 N–H and O–H groups in total. The first kappa shape index (κ1) is 10.6. The summed E-state index contributed by atoms with van der Waals surface area (Å²) < 4.78 is 6.59. The number of nitrogen functional groups attached to an aromatic ring is 1. The lowest BCUT2D eigenvalue weighted by Crippen LogP contribution is -1.97. The van der Waals surface area contributed by atoms with E-state index in [0.717, 1.165) is 16.8 Å². The van der Waals surface area contributed by atoms with Gasteiger partial charge in [0.2, 0.25) is 0 Å². The van der Waals surface area contributed by atoms with E-state index in [1.165, 1.54) is 0 Å². The number of hydrogen-bond donors (Lipinski definition) is 2. The Morgan fingerprint density at radius 2 is 2.22 bits per heavy atom. The van der Waals surface area contributed by atoms with Gasteiger partial charge in [0.05, 0.1) is 11.2 Å². The molecule has 0 atom stereocenters. The van der Waals surface area contributed by atoms with Crippen molar-refractivity contribution >= 4 is 16.9 Å². The minimum absolute atomic E-state index is 0.459. The van der Waals surface area contributed by atoms with Crippen LogP contribution in [0.25, 0.3) is 22.4 Å². The Hall–Kier alpha value is -2.50. The number of nitrogens with zero attached hydrogens (tertiary/aromatic N) is 2. The number of aryl methyl sites for hydroxylation is 1. The van der Waals surface area contributed by atoms with Gasteiger partial charge in [-0.15, -0.1) is 0 Å². The van der Waals surface area contributed by atoms with Gasteiger partial charge in [0, 0.05) is 18.2 Å². The second-order valence-electron chi connectivity index (χ2n) is 4.21. The van der Waals surface area contributed by atoms with E-state index in [4.69, 9.17) is 10.2 Å². The van der Waals surface area contributed by atoms with Gasteiger partial charge in [-0.05, 0) is 25.1 Å². The van der Waals surface area contributed by atoms with E-state index in [1.54, 1.807) is 17.8 Å². The van der Waals surface area contributed by atoms with Gasteiger partial charge < -0.3 is 10.2 Å². The van der Waals surface area contributed by atoms with Crippen LogP contribution in [0.1, 0.15) is 5.56 Å². The molecule has 0 fully saturated rings. The quantitative estimate of drug-likeness (QED) is 0.677. The van der Waals surface area contributed by atoms with Crippen molar-refractivity contribution in [2.75, 3.05) is 5.73 Å². The van der Waals surface area contributed by atoms with E-state index in [1.807, 2.05) is 19.1 Å². The molecule has 3 rings (SSSR count). The zero-order chi connectivity index (χ0) is 12.9. The second kappa shape index (κ2) is 3.49. The largest absolute Gasteiger partial charge is 0.417 e. The monoisotopic (exact) mass is 244 g/mol. The molecule has 0 aliphatic carbocycles. The normalized spacial score (nSPS) is 11.2. The van der Waals surface area contributed by atoms with Crippen LogP contribution in [0.5, 0.6) is 0 Å². The highest BCUT2D eigenvalue weighted by molar-refractivity contribution is 5.80. The molecule has 6 heteroatoms. The maximum atomic E-state index is 11.1. The lowest BCUT2D eigenvalue weighted by molar-refractivity contribution is 0.555. The minimum atomic E-state index is -0.459. The summed E-state index contributed by atoms with van der Waals surface area (Å²) in [5.41, 5.74) is 9.68. The van der Waals surface area contributed by atoms with Gasteiger partial charge in [0.15, 0.2) is 5.58 Å². The van der Waals surface area contributed by atoms with Gasteiger partial charge >= 0.3 is 5.76 Å². The van der Waals surface area contributed by atoms with E-state index < -0.39 is 5.76 Å². The predicted molar refractivity (Wildman–Crippen MR) is 68.2 cm³/mol. The molecule has 0 radical (unpaired) electrons. The smallest absolute Gasteiger partial charge is 0.408 e. The fraction of sp³-hybridized carbons (Fsp3) is 0.167. The molecule has 2 heterocycles. The molecular formula is C12H12N4O2. The van der Waals surface area contributed by atoms with Gasteiger partial charge in [-0.2, -0.15) is 5.10 Å². The maximum absolute atomic E-state index is 11.1. The Labute approximate surface area is 102 Å². The highest BCUT2D eigenvalue weighted by Crippen LogP contribution is 2.27. The lowest BCUT2D eigenvalue weighted by atomic mass is 10.1. The first-order valence-electron chi connectivity index (χ1n) is 5.48. The number of fused-ring (bicyclic) bond motifs is 1. The van der Waals surface area contributed by atoms with Gasteiger partial charge in [-0.1, -0.05) is 0 Å².